The Morgan fingerprint density at radius 3 is 3.20 bits per heavy atom. The van der Waals surface area contributed by atoms with Gasteiger partial charge in [-0.2, -0.15) is 5.10 Å². The predicted octanol–water partition coefficient (Wildman–Crippen LogP) is 1.42. The fourth-order valence-electron chi connectivity index (χ4n) is 2.60. The lowest BCUT2D eigenvalue weighted by molar-refractivity contribution is 0.0707. The Kier molecular flexibility index (Phi) is 2.35. The highest BCUT2D eigenvalue weighted by molar-refractivity contribution is 5.97. The Bertz CT molecular complexity index is 788. The number of amides is 1. The molecule has 6 heteroatoms. The number of aromatic amines is 1. The molecule has 1 aliphatic heterocycles. The number of aromatic nitrogens is 4. The monoisotopic (exact) mass is 267 g/mol. The van der Waals surface area contributed by atoms with Gasteiger partial charge in [-0.25, -0.2) is 4.98 Å². The van der Waals surface area contributed by atoms with Crippen LogP contribution in [0.25, 0.3) is 10.9 Å². The summed E-state index contributed by atoms with van der Waals surface area (Å²) < 4.78 is 2.09. The molecule has 0 atom stereocenters. The maximum absolute atomic E-state index is 12.6. The van der Waals surface area contributed by atoms with Crippen LogP contribution in [0.15, 0.2) is 36.8 Å². The average molecular weight is 267 g/mol. The molecule has 1 N–H and O–H groups in total. The molecule has 1 amide bonds. The highest BCUT2D eigenvalue weighted by Crippen LogP contribution is 2.17. The quantitative estimate of drug-likeness (QED) is 0.725. The maximum Gasteiger partial charge on any atom is 0.254 e. The first-order chi connectivity index (χ1) is 9.81. The molecule has 20 heavy (non-hydrogen) atoms. The number of rotatable bonds is 1. The Morgan fingerprint density at radius 1 is 1.30 bits per heavy atom. The third kappa shape index (κ3) is 1.69. The van der Waals surface area contributed by atoms with Crippen LogP contribution in [0.1, 0.15) is 16.2 Å². The van der Waals surface area contributed by atoms with E-state index in [-0.39, 0.29) is 5.91 Å². The fraction of sp³-hybridized carbons (Fsp3) is 0.214. The molecule has 2 aromatic heterocycles. The zero-order chi connectivity index (χ0) is 13.5. The van der Waals surface area contributed by atoms with Gasteiger partial charge < -0.3 is 9.47 Å². The van der Waals surface area contributed by atoms with Gasteiger partial charge in [-0.05, 0) is 12.1 Å². The third-order valence-electron chi connectivity index (χ3n) is 3.72. The van der Waals surface area contributed by atoms with Gasteiger partial charge in [0.05, 0.1) is 18.3 Å². The van der Waals surface area contributed by atoms with Crippen molar-refractivity contribution in [3.05, 3.63) is 48.2 Å². The van der Waals surface area contributed by atoms with Gasteiger partial charge in [-0.3, -0.25) is 9.89 Å². The number of hydrogen-bond donors (Lipinski definition) is 1. The number of imidazole rings is 1. The van der Waals surface area contributed by atoms with E-state index in [1.54, 1.807) is 12.4 Å². The van der Waals surface area contributed by atoms with Crippen molar-refractivity contribution in [1.29, 1.82) is 0 Å². The molecule has 0 unspecified atom stereocenters. The van der Waals surface area contributed by atoms with Gasteiger partial charge in [0.2, 0.25) is 0 Å². The molecule has 4 rings (SSSR count). The molecule has 100 valence electrons. The van der Waals surface area contributed by atoms with Crippen molar-refractivity contribution < 1.29 is 4.79 Å². The molecule has 0 aliphatic carbocycles. The van der Waals surface area contributed by atoms with E-state index in [4.69, 9.17) is 0 Å². The predicted molar refractivity (Wildman–Crippen MR) is 73.1 cm³/mol. The molecule has 0 bridgehead atoms. The third-order valence-corrected chi connectivity index (χ3v) is 3.72. The number of nitrogens with zero attached hydrogens (tertiary/aromatic N) is 4. The molecule has 0 radical (unpaired) electrons. The second kappa shape index (κ2) is 4.19. The first-order valence-corrected chi connectivity index (χ1v) is 6.54. The normalized spacial score (nSPS) is 14.5. The summed E-state index contributed by atoms with van der Waals surface area (Å²) in [5.41, 5.74) is 1.57. The van der Waals surface area contributed by atoms with Gasteiger partial charge >= 0.3 is 0 Å². The summed E-state index contributed by atoms with van der Waals surface area (Å²) in [6.07, 6.45) is 5.48. The van der Waals surface area contributed by atoms with E-state index in [1.807, 2.05) is 29.3 Å². The van der Waals surface area contributed by atoms with Crippen LogP contribution < -0.4 is 0 Å². The van der Waals surface area contributed by atoms with E-state index in [1.165, 1.54) is 0 Å². The van der Waals surface area contributed by atoms with Crippen LogP contribution >= 0.6 is 0 Å². The summed E-state index contributed by atoms with van der Waals surface area (Å²) in [6.45, 7) is 2.07. The molecule has 6 nitrogen and oxygen atoms in total. The van der Waals surface area contributed by atoms with E-state index < -0.39 is 0 Å². The minimum absolute atomic E-state index is 0.0377. The summed E-state index contributed by atoms with van der Waals surface area (Å²) in [7, 11) is 0. The second-order valence-corrected chi connectivity index (χ2v) is 4.94. The molecule has 0 saturated carbocycles. The summed E-state index contributed by atoms with van der Waals surface area (Å²) in [5.74, 6) is 0.975. The number of hydrogen-bond acceptors (Lipinski definition) is 3. The maximum atomic E-state index is 12.6. The highest BCUT2D eigenvalue weighted by atomic mass is 16.2. The van der Waals surface area contributed by atoms with E-state index in [0.717, 1.165) is 23.3 Å². The van der Waals surface area contributed by atoms with Gasteiger partial charge in [0.1, 0.15) is 5.82 Å². The van der Waals surface area contributed by atoms with E-state index in [2.05, 4.69) is 19.7 Å². The lowest BCUT2D eigenvalue weighted by Gasteiger charge is -2.27. The molecule has 0 spiro atoms. The van der Waals surface area contributed by atoms with Crippen molar-refractivity contribution in [2.45, 2.75) is 13.1 Å². The molecular formula is C14H13N5O. The van der Waals surface area contributed by atoms with Crippen LogP contribution in [0.5, 0.6) is 0 Å². The SMILES string of the molecule is O=C(c1ccc2cn[nH]c2c1)N1CCn2ccnc2C1. The summed E-state index contributed by atoms with van der Waals surface area (Å²) >= 11 is 0. The largest absolute Gasteiger partial charge is 0.332 e. The van der Waals surface area contributed by atoms with Crippen LogP contribution in [0.3, 0.4) is 0 Å². The van der Waals surface area contributed by atoms with Crippen molar-refractivity contribution in [3.8, 4) is 0 Å². The first-order valence-electron chi connectivity index (χ1n) is 6.54. The summed E-state index contributed by atoms with van der Waals surface area (Å²) in [6, 6.07) is 5.62. The Balaban J connectivity index is 1.64. The highest BCUT2D eigenvalue weighted by Gasteiger charge is 2.22. The van der Waals surface area contributed by atoms with Crippen molar-refractivity contribution in [1.82, 2.24) is 24.6 Å². The average Bonchev–Trinajstić information content (AvgIpc) is 3.13. The van der Waals surface area contributed by atoms with Crippen molar-refractivity contribution in [2.24, 2.45) is 0 Å². The molecule has 1 aliphatic rings. The number of carbonyl (C=O) groups is 1. The molecule has 1 aromatic carbocycles. The van der Waals surface area contributed by atoms with Crippen LogP contribution in [0.2, 0.25) is 0 Å². The van der Waals surface area contributed by atoms with Crippen LogP contribution in [0.4, 0.5) is 0 Å². The van der Waals surface area contributed by atoms with Crippen molar-refractivity contribution in [2.75, 3.05) is 6.54 Å². The first kappa shape index (κ1) is 11.2. The topological polar surface area (TPSA) is 66.8 Å². The van der Waals surface area contributed by atoms with Gasteiger partial charge in [-0.15, -0.1) is 0 Å². The standard InChI is InChI=1S/C14H13N5O/c20-14(10-1-2-11-8-16-17-12(11)7-10)19-6-5-18-4-3-15-13(18)9-19/h1-4,7-8H,5-6,9H2,(H,16,17). The van der Waals surface area contributed by atoms with E-state index in [9.17, 15) is 4.79 Å². The number of benzene rings is 1. The smallest absolute Gasteiger partial charge is 0.254 e. The van der Waals surface area contributed by atoms with Gasteiger partial charge in [-0.1, -0.05) is 6.07 Å². The summed E-state index contributed by atoms with van der Waals surface area (Å²) in [4.78, 5) is 18.7. The van der Waals surface area contributed by atoms with Crippen molar-refractivity contribution >= 4 is 16.8 Å². The minimum Gasteiger partial charge on any atom is -0.332 e. The van der Waals surface area contributed by atoms with Crippen molar-refractivity contribution in [3.63, 3.8) is 0 Å². The van der Waals surface area contributed by atoms with Crippen LogP contribution in [0, 0.1) is 0 Å². The fourth-order valence-corrected chi connectivity index (χ4v) is 2.60. The minimum atomic E-state index is 0.0377. The van der Waals surface area contributed by atoms with E-state index >= 15 is 0 Å². The zero-order valence-electron chi connectivity index (χ0n) is 10.8. The lowest BCUT2D eigenvalue weighted by atomic mass is 10.1. The second-order valence-electron chi connectivity index (χ2n) is 4.94. The van der Waals surface area contributed by atoms with Crippen LogP contribution in [-0.4, -0.2) is 37.1 Å². The number of H-pyrrole nitrogens is 1. The lowest BCUT2D eigenvalue weighted by Crippen LogP contribution is -2.38. The molecule has 0 saturated heterocycles. The zero-order valence-corrected chi connectivity index (χ0v) is 10.8. The number of carbonyl (C=O) groups excluding carboxylic acids is 1. The Labute approximate surface area is 115 Å². The Hall–Kier alpha value is -2.63. The number of nitrogens with one attached hydrogen (secondary N) is 1. The molecule has 0 fully saturated rings. The Morgan fingerprint density at radius 2 is 2.25 bits per heavy atom. The summed E-state index contributed by atoms with van der Waals surface area (Å²) in [5, 5.41) is 7.88. The van der Waals surface area contributed by atoms with Crippen LogP contribution in [-0.2, 0) is 13.1 Å². The molecule has 3 aromatic rings. The number of fused-ring (bicyclic) bond motifs is 2. The van der Waals surface area contributed by atoms with Gasteiger partial charge in [0, 0.05) is 36.4 Å². The van der Waals surface area contributed by atoms with Gasteiger partial charge in [0.15, 0.2) is 0 Å². The van der Waals surface area contributed by atoms with Gasteiger partial charge in [0.25, 0.3) is 5.91 Å². The molecule has 3 heterocycles. The molecular weight excluding hydrogens is 254 g/mol. The van der Waals surface area contributed by atoms with E-state index in [0.29, 0.717) is 18.7 Å².